The van der Waals surface area contributed by atoms with Gasteiger partial charge in [-0.1, -0.05) is 0 Å². The predicted octanol–water partition coefficient (Wildman–Crippen LogP) is -2.08. The van der Waals surface area contributed by atoms with E-state index in [1.165, 1.54) is 43.6 Å². The fraction of sp³-hybridized carbons (Fsp3) is 0.333. The minimum Gasteiger partial charge on any atom is -0.465 e. The Morgan fingerprint density at radius 3 is 2.42 bits per heavy atom. The van der Waals surface area contributed by atoms with Crippen LogP contribution in [0.15, 0.2) is 41.3 Å². The summed E-state index contributed by atoms with van der Waals surface area (Å²) in [7, 11) is -3.46. The van der Waals surface area contributed by atoms with Crippen LogP contribution in [0.4, 0.5) is 5.82 Å². The van der Waals surface area contributed by atoms with E-state index >= 15 is 0 Å². The zero-order valence-electron chi connectivity index (χ0n) is 17.0. The van der Waals surface area contributed by atoms with Gasteiger partial charge in [0.05, 0.1) is 19.3 Å². The molecule has 0 aliphatic carbocycles. The van der Waals surface area contributed by atoms with Gasteiger partial charge in [0.15, 0.2) is 6.23 Å². The zero-order chi connectivity index (χ0) is 24.3. The van der Waals surface area contributed by atoms with E-state index in [4.69, 9.17) is 10.5 Å². The van der Waals surface area contributed by atoms with Gasteiger partial charge < -0.3 is 25.4 Å². The smallest absolute Gasteiger partial charge is 0.362 e. The normalized spacial score (nSPS) is 22.6. The van der Waals surface area contributed by atoms with Gasteiger partial charge in [0.2, 0.25) is 0 Å². The summed E-state index contributed by atoms with van der Waals surface area (Å²) in [5, 5.41) is 20.3. The highest BCUT2D eigenvalue weighted by Crippen LogP contribution is 2.28. The summed E-state index contributed by atoms with van der Waals surface area (Å²) in [6, 6.07) is 6.23. The van der Waals surface area contributed by atoms with E-state index < -0.39 is 59.0 Å². The fourth-order valence-corrected chi connectivity index (χ4v) is 3.67. The van der Waals surface area contributed by atoms with Crippen molar-refractivity contribution in [3.63, 3.8) is 0 Å². The van der Waals surface area contributed by atoms with Crippen molar-refractivity contribution in [2.45, 2.75) is 24.5 Å². The molecule has 1 saturated heterocycles. The molecule has 0 radical (unpaired) electrons. The number of nitrogens with zero attached hydrogens (tertiary/aromatic N) is 2. The lowest BCUT2D eigenvalue weighted by atomic mass is 10.1. The van der Waals surface area contributed by atoms with Gasteiger partial charge in [0.25, 0.3) is 5.91 Å². The van der Waals surface area contributed by atoms with Crippen LogP contribution in [0.5, 0.6) is 0 Å². The molecule has 1 amide bonds. The number of aliphatic hydroxyl groups is 2. The van der Waals surface area contributed by atoms with E-state index in [-0.39, 0.29) is 16.9 Å². The summed E-state index contributed by atoms with van der Waals surface area (Å²) in [6.45, 7) is -0.782. The molecule has 178 valence electrons. The number of rotatable bonds is 7. The summed E-state index contributed by atoms with van der Waals surface area (Å²) < 4.78 is 41.3. The number of aliphatic hydroxyl groups excluding tert-OH is 2. The lowest BCUT2D eigenvalue weighted by molar-refractivity contribution is -0.0509. The van der Waals surface area contributed by atoms with Crippen molar-refractivity contribution < 1.29 is 41.9 Å². The number of anilines is 1. The van der Waals surface area contributed by atoms with Gasteiger partial charge in [-0.2, -0.15) is 13.4 Å². The summed E-state index contributed by atoms with van der Waals surface area (Å²) in [5.41, 5.74) is 4.62. The van der Waals surface area contributed by atoms with E-state index in [2.05, 4.69) is 13.9 Å². The quantitative estimate of drug-likeness (QED) is 0.312. The summed E-state index contributed by atoms with van der Waals surface area (Å²) in [5.74, 6) is -1.74. The maximum absolute atomic E-state index is 12.2. The summed E-state index contributed by atoms with van der Waals surface area (Å²) in [4.78, 5) is 39.0. The molecule has 2 heterocycles. The molecular formula is C18H20N4O10S. The van der Waals surface area contributed by atoms with Crippen LogP contribution in [-0.2, 0) is 24.0 Å². The number of nitrogens with two attached hydrogens (primary N) is 1. The lowest BCUT2D eigenvalue weighted by Crippen LogP contribution is -2.38. The molecule has 3 rings (SSSR count). The molecule has 5 N–H and O–H groups in total. The monoisotopic (exact) mass is 484 g/mol. The Kier molecular flexibility index (Phi) is 7.09. The van der Waals surface area contributed by atoms with Crippen LogP contribution in [0.25, 0.3) is 0 Å². The van der Waals surface area contributed by atoms with E-state index in [9.17, 15) is 33.0 Å². The van der Waals surface area contributed by atoms with Crippen LogP contribution in [-0.4, -0.2) is 72.1 Å². The zero-order valence-corrected chi connectivity index (χ0v) is 17.8. The van der Waals surface area contributed by atoms with Crippen molar-refractivity contribution in [2.24, 2.45) is 0 Å². The van der Waals surface area contributed by atoms with Gasteiger partial charge >= 0.3 is 22.0 Å². The molecule has 2 aromatic rings. The number of ether oxygens (including phenoxy) is 2. The standard InChI is InChI=1S/C18H20N4O10S/c1-30-17(26)10-4-2-9(3-5-10)15(25)21-33(28,29)31-8-11-13(23)14(24)16(32-11)22-7-6-12(19)20-18(22)27/h2-7,11,13-14,16,23-24H,8H2,1H3,(H,21,25)(H2,19,20,27)/t11-,13-,14-,16-/m1/s1. The second-order valence-corrected chi connectivity index (χ2v) is 8.18. The van der Waals surface area contributed by atoms with E-state index in [0.29, 0.717) is 0 Å². The number of nitrogens with one attached hydrogen (secondary N) is 1. The molecule has 15 heteroatoms. The molecule has 1 aliphatic rings. The Morgan fingerprint density at radius 2 is 1.82 bits per heavy atom. The average Bonchev–Trinajstić information content (AvgIpc) is 3.05. The van der Waals surface area contributed by atoms with Crippen LogP contribution < -0.4 is 16.1 Å². The minimum absolute atomic E-state index is 0.0639. The number of amides is 1. The van der Waals surface area contributed by atoms with E-state index in [0.717, 1.165) is 4.57 Å². The number of aromatic nitrogens is 2. The molecule has 0 saturated carbocycles. The van der Waals surface area contributed by atoms with Crippen LogP contribution >= 0.6 is 0 Å². The number of hydrogen-bond acceptors (Lipinski definition) is 12. The van der Waals surface area contributed by atoms with Crippen LogP contribution in [0.2, 0.25) is 0 Å². The van der Waals surface area contributed by atoms with Gasteiger partial charge in [0.1, 0.15) is 24.1 Å². The highest BCUT2D eigenvalue weighted by atomic mass is 32.2. The van der Waals surface area contributed by atoms with Crippen molar-refractivity contribution in [3.8, 4) is 0 Å². The van der Waals surface area contributed by atoms with E-state index in [1.807, 2.05) is 0 Å². The van der Waals surface area contributed by atoms with Crippen molar-refractivity contribution in [3.05, 3.63) is 58.1 Å². The summed E-state index contributed by atoms with van der Waals surface area (Å²) >= 11 is 0. The molecule has 1 aliphatic heterocycles. The molecule has 0 spiro atoms. The number of benzene rings is 1. The Bertz CT molecular complexity index is 1200. The van der Waals surface area contributed by atoms with Gasteiger partial charge in [-0.3, -0.25) is 13.5 Å². The molecule has 0 unspecified atom stereocenters. The molecule has 0 bridgehead atoms. The first-order valence-electron chi connectivity index (χ1n) is 9.28. The van der Waals surface area contributed by atoms with Gasteiger partial charge in [-0.05, 0) is 30.3 Å². The Morgan fingerprint density at radius 1 is 1.18 bits per heavy atom. The van der Waals surface area contributed by atoms with Crippen molar-refractivity contribution >= 4 is 28.0 Å². The summed E-state index contributed by atoms with van der Waals surface area (Å²) in [6.07, 6.45) is -4.76. The maximum Gasteiger partial charge on any atom is 0.362 e. The molecule has 1 aromatic heterocycles. The van der Waals surface area contributed by atoms with Gasteiger partial charge in [0, 0.05) is 11.8 Å². The first-order valence-corrected chi connectivity index (χ1v) is 10.7. The minimum atomic E-state index is -4.65. The molecule has 14 nitrogen and oxygen atoms in total. The number of esters is 1. The first-order chi connectivity index (χ1) is 15.5. The number of carbonyl (C=O) groups excluding carboxylic acids is 2. The topological polar surface area (TPSA) is 209 Å². The number of nitrogen functional groups attached to an aromatic ring is 1. The van der Waals surface area contributed by atoms with Crippen molar-refractivity contribution in [1.29, 1.82) is 0 Å². The number of hydrogen-bond donors (Lipinski definition) is 4. The predicted molar refractivity (Wildman–Crippen MR) is 109 cm³/mol. The molecule has 1 aromatic carbocycles. The fourth-order valence-electron chi connectivity index (χ4n) is 2.95. The first kappa shape index (κ1) is 24.3. The molecule has 4 atom stereocenters. The third-order valence-corrected chi connectivity index (χ3v) is 5.52. The third kappa shape index (κ3) is 5.52. The van der Waals surface area contributed by atoms with Crippen molar-refractivity contribution in [2.75, 3.05) is 19.5 Å². The lowest BCUT2D eigenvalue weighted by Gasteiger charge is -2.16. The van der Waals surface area contributed by atoms with Gasteiger partial charge in [-0.15, -0.1) is 0 Å². The number of methoxy groups -OCH3 is 1. The second-order valence-electron chi connectivity index (χ2n) is 6.83. The maximum atomic E-state index is 12.2. The highest BCUT2D eigenvalue weighted by molar-refractivity contribution is 7.85. The van der Waals surface area contributed by atoms with Gasteiger partial charge in [-0.25, -0.2) is 14.3 Å². The van der Waals surface area contributed by atoms with E-state index in [1.54, 1.807) is 4.72 Å². The molecule has 1 fully saturated rings. The second kappa shape index (κ2) is 9.63. The van der Waals surface area contributed by atoms with Crippen LogP contribution in [0.3, 0.4) is 0 Å². The SMILES string of the molecule is COC(=O)c1ccc(C(=O)NS(=O)(=O)OC[C@H]2O[C@@H](n3ccc(N)nc3=O)[C@H](O)[C@@H]2O)cc1. The van der Waals surface area contributed by atoms with Crippen LogP contribution in [0, 0.1) is 0 Å². The Balaban J connectivity index is 1.62. The number of carbonyl (C=O) groups is 2. The largest absolute Gasteiger partial charge is 0.465 e. The molecular weight excluding hydrogens is 464 g/mol. The third-order valence-electron chi connectivity index (χ3n) is 4.64. The molecule has 33 heavy (non-hydrogen) atoms. The van der Waals surface area contributed by atoms with Crippen molar-refractivity contribution in [1.82, 2.24) is 14.3 Å². The highest BCUT2D eigenvalue weighted by Gasteiger charge is 2.44. The average molecular weight is 484 g/mol. The Hall–Kier alpha value is -3.37. The van der Waals surface area contributed by atoms with Crippen LogP contribution in [0.1, 0.15) is 26.9 Å². The Labute approximate surface area is 186 Å².